The Kier molecular flexibility index (Phi) is 5.65. The predicted molar refractivity (Wildman–Crippen MR) is 88.2 cm³/mol. The van der Waals surface area contributed by atoms with Crippen molar-refractivity contribution >= 4 is 18.3 Å². The first kappa shape index (κ1) is 16.3. The number of halogens is 1. The molecule has 2 N–H and O–H groups in total. The average molecular weight is 309 g/mol. The minimum absolute atomic E-state index is 0. The number of hydrogen-bond acceptors (Lipinski definition) is 2. The Morgan fingerprint density at radius 1 is 1.29 bits per heavy atom. The maximum atomic E-state index is 12.4. The van der Waals surface area contributed by atoms with Gasteiger partial charge in [-0.1, -0.05) is 6.07 Å². The van der Waals surface area contributed by atoms with Gasteiger partial charge in [-0.05, 0) is 81.3 Å². The third-order valence-corrected chi connectivity index (χ3v) is 4.76. The molecule has 116 valence electrons. The number of fused-ring (bicyclic) bond motifs is 1. The van der Waals surface area contributed by atoms with E-state index in [0.717, 1.165) is 25.1 Å². The molecule has 2 unspecified atom stereocenters. The van der Waals surface area contributed by atoms with Crippen molar-refractivity contribution in [1.82, 2.24) is 10.6 Å². The highest BCUT2D eigenvalue weighted by atomic mass is 35.5. The van der Waals surface area contributed by atoms with Gasteiger partial charge in [0.2, 0.25) is 0 Å². The van der Waals surface area contributed by atoms with Crippen molar-refractivity contribution in [3.63, 3.8) is 0 Å². The number of carbonyl (C=O) groups is 1. The lowest BCUT2D eigenvalue weighted by Crippen LogP contribution is -2.44. The van der Waals surface area contributed by atoms with Gasteiger partial charge < -0.3 is 10.6 Å². The number of carbonyl (C=O) groups excluding carboxylic acids is 1. The summed E-state index contributed by atoms with van der Waals surface area (Å²) in [6.45, 7) is 4.26. The van der Waals surface area contributed by atoms with Gasteiger partial charge in [0, 0.05) is 11.6 Å². The number of aryl methyl sites for hydroxylation is 2. The van der Waals surface area contributed by atoms with E-state index in [4.69, 9.17) is 0 Å². The fourth-order valence-corrected chi connectivity index (χ4v) is 3.43. The van der Waals surface area contributed by atoms with Crippen molar-refractivity contribution in [3.8, 4) is 0 Å². The van der Waals surface area contributed by atoms with E-state index in [1.54, 1.807) is 0 Å². The molecule has 0 bridgehead atoms. The smallest absolute Gasteiger partial charge is 0.251 e. The lowest BCUT2D eigenvalue weighted by atomic mass is 9.92. The Morgan fingerprint density at radius 3 is 2.86 bits per heavy atom. The molecule has 0 aromatic heterocycles. The third kappa shape index (κ3) is 3.78. The van der Waals surface area contributed by atoms with Crippen molar-refractivity contribution in [3.05, 3.63) is 34.9 Å². The predicted octanol–water partition coefficient (Wildman–Crippen LogP) is 2.72. The summed E-state index contributed by atoms with van der Waals surface area (Å²) in [5.41, 5.74) is 3.61. The van der Waals surface area contributed by atoms with Crippen molar-refractivity contribution in [1.29, 1.82) is 0 Å². The summed E-state index contributed by atoms with van der Waals surface area (Å²) in [6, 6.07) is 6.43. The van der Waals surface area contributed by atoms with E-state index >= 15 is 0 Å². The molecular weight excluding hydrogens is 284 g/mol. The van der Waals surface area contributed by atoms with E-state index in [1.165, 1.54) is 36.8 Å². The average Bonchev–Trinajstić information content (AvgIpc) is 2.95. The van der Waals surface area contributed by atoms with Crippen molar-refractivity contribution in [2.45, 2.75) is 45.1 Å². The molecule has 1 saturated heterocycles. The molecule has 1 amide bonds. The molecule has 3 nitrogen and oxygen atoms in total. The molecule has 1 aromatic rings. The largest absolute Gasteiger partial charge is 0.349 e. The maximum absolute atomic E-state index is 12.4. The molecule has 1 aliphatic heterocycles. The van der Waals surface area contributed by atoms with Gasteiger partial charge in [-0.15, -0.1) is 12.4 Å². The van der Waals surface area contributed by atoms with Crippen LogP contribution in [0.15, 0.2) is 18.2 Å². The van der Waals surface area contributed by atoms with E-state index in [-0.39, 0.29) is 24.4 Å². The van der Waals surface area contributed by atoms with E-state index in [1.807, 2.05) is 6.07 Å². The maximum Gasteiger partial charge on any atom is 0.251 e. The van der Waals surface area contributed by atoms with Gasteiger partial charge in [0.05, 0.1) is 0 Å². The van der Waals surface area contributed by atoms with Crippen LogP contribution in [0.5, 0.6) is 0 Å². The van der Waals surface area contributed by atoms with Gasteiger partial charge in [-0.25, -0.2) is 0 Å². The number of benzene rings is 1. The van der Waals surface area contributed by atoms with Crippen molar-refractivity contribution in [2.24, 2.45) is 5.92 Å². The highest BCUT2D eigenvalue weighted by Crippen LogP contribution is 2.23. The summed E-state index contributed by atoms with van der Waals surface area (Å²) in [4.78, 5) is 12.4. The Balaban J connectivity index is 0.00000161. The van der Waals surface area contributed by atoms with Gasteiger partial charge in [0.25, 0.3) is 5.91 Å². The fourth-order valence-electron chi connectivity index (χ4n) is 3.43. The van der Waals surface area contributed by atoms with Gasteiger partial charge >= 0.3 is 0 Å². The van der Waals surface area contributed by atoms with Crippen LogP contribution in [-0.4, -0.2) is 25.0 Å². The summed E-state index contributed by atoms with van der Waals surface area (Å²) in [6.07, 6.45) is 5.94. The zero-order chi connectivity index (χ0) is 13.9. The Morgan fingerprint density at radius 2 is 2.10 bits per heavy atom. The lowest BCUT2D eigenvalue weighted by Gasteiger charge is -2.29. The normalized spacial score (nSPS) is 22.0. The summed E-state index contributed by atoms with van der Waals surface area (Å²) in [5.74, 6) is 0.639. The molecule has 1 aliphatic carbocycles. The second-order valence-corrected chi connectivity index (χ2v) is 6.21. The molecule has 3 rings (SSSR count). The second-order valence-electron chi connectivity index (χ2n) is 6.21. The van der Waals surface area contributed by atoms with Crippen LogP contribution in [0.4, 0.5) is 0 Å². The fraction of sp³-hybridized carbons (Fsp3) is 0.588. The molecule has 1 heterocycles. The highest BCUT2D eigenvalue weighted by molar-refractivity contribution is 5.94. The number of piperidine rings is 1. The SMILES string of the molecule is CC(NC(=O)c1ccc2c(c1)CCC2)C1CCCNC1.Cl. The molecule has 21 heavy (non-hydrogen) atoms. The Bertz CT molecular complexity index is 498. The van der Waals surface area contributed by atoms with Crippen LogP contribution in [0.25, 0.3) is 0 Å². The molecule has 4 heteroatoms. The Hall–Kier alpha value is -1.06. The third-order valence-electron chi connectivity index (χ3n) is 4.76. The van der Waals surface area contributed by atoms with Crippen molar-refractivity contribution in [2.75, 3.05) is 13.1 Å². The highest BCUT2D eigenvalue weighted by Gasteiger charge is 2.22. The number of hydrogen-bond donors (Lipinski definition) is 2. The van der Waals surface area contributed by atoms with E-state index in [9.17, 15) is 4.79 Å². The second kappa shape index (κ2) is 7.28. The van der Waals surface area contributed by atoms with Crippen LogP contribution in [0.1, 0.15) is 47.7 Å². The van der Waals surface area contributed by atoms with Crippen LogP contribution in [0.3, 0.4) is 0 Å². The standard InChI is InChI=1S/C17H24N2O.ClH/c1-12(16-6-3-9-18-11-16)19-17(20)15-8-7-13-4-2-5-14(13)10-15;/h7-8,10,12,16,18H,2-6,9,11H2,1H3,(H,19,20);1H. The van der Waals surface area contributed by atoms with Crippen LogP contribution in [0.2, 0.25) is 0 Å². The quantitative estimate of drug-likeness (QED) is 0.901. The lowest BCUT2D eigenvalue weighted by molar-refractivity contribution is 0.0922. The summed E-state index contributed by atoms with van der Waals surface area (Å²) in [5, 5.41) is 6.59. The zero-order valence-electron chi connectivity index (χ0n) is 12.7. The van der Waals surface area contributed by atoms with Gasteiger partial charge in [-0.2, -0.15) is 0 Å². The van der Waals surface area contributed by atoms with Crippen LogP contribution in [-0.2, 0) is 12.8 Å². The molecule has 2 aliphatic rings. The van der Waals surface area contributed by atoms with E-state index in [2.05, 4.69) is 29.7 Å². The molecular formula is C17H25ClN2O. The monoisotopic (exact) mass is 308 g/mol. The van der Waals surface area contributed by atoms with Crippen LogP contribution in [0, 0.1) is 5.92 Å². The minimum Gasteiger partial charge on any atom is -0.349 e. The molecule has 2 atom stereocenters. The number of amides is 1. The van der Waals surface area contributed by atoms with Crippen molar-refractivity contribution < 1.29 is 4.79 Å². The Labute approximate surface area is 133 Å². The number of nitrogens with one attached hydrogen (secondary N) is 2. The first-order valence-electron chi connectivity index (χ1n) is 7.87. The van der Waals surface area contributed by atoms with Gasteiger partial charge in [-0.3, -0.25) is 4.79 Å². The van der Waals surface area contributed by atoms with Crippen LogP contribution < -0.4 is 10.6 Å². The van der Waals surface area contributed by atoms with Gasteiger partial charge in [0.15, 0.2) is 0 Å². The van der Waals surface area contributed by atoms with E-state index < -0.39 is 0 Å². The molecule has 1 fully saturated rings. The van der Waals surface area contributed by atoms with Crippen LogP contribution >= 0.6 is 12.4 Å². The minimum atomic E-state index is 0. The molecule has 0 spiro atoms. The van der Waals surface area contributed by atoms with Gasteiger partial charge in [0.1, 0.15) is 0 Å². The zero-order valence-corrected chi connectivity index (χ0v) is 13.5. The summed E-state index contributed by atoms with van der Waals surface area (Å²) >= 11 is 0. The molecule has 0 saturated carbocycles. The first-order valence-corrected chi connectivity index (χ1v) is 7.87. The molecule has 1 aromatic carbocycles. The topological polar surface area (TPSA) is 41.1 Å². The first-order chi connectivity index (χ1) is 9.74. The number of rotatable bonds is 3. The summed E-state index contributed by atoms with van der Waals surface area (Å²) < 4.78 is 0. The molecule has 0 radical (unpaired) electrons. The van der Waals surface area contributed by atoms with E-state index in [0.29, 0.717) is 5.92 Å². The summed E-state index contributed by atoms with van der Waals surface area (Å²) in [7, 11) is 0.